The van der Waals surface area contributed by atoms with Crippen molar-refractivity contribution in [2.75, 3.05) is 42.9 Å². The number of benzene rings is 1. The zero-order chi connectivity index (χ0) is 19.5. The lowest BCUT2D eigenvalue weighted by atomic mass is 10.2. The standard InChI is InChI=1S/C19H17ClN6OS/c20-16-9-14(2-1-13(16)10-21)24-17(27)11-25-4-6-26(7-5-25)18-15-3-8-28-19(15)23-12-22-18/h1-3,8-9,12H,4-7,11H2,(H,24,27). The quantitative estimate of drug-likeness (QED) is 0.709. The van der Waals surface area contributed by atoms with Crippen LogP contribution >= 0.6 is 22.9 Å². The van der Waals surface area contributed by atoms with Gasteiger partial charge in [-0.3, -0.25) is 9.69 Å². The molecule has 2 aromatic heterocycles. The van der Waals surface area contributed by atoms with Gasteiger partial charge in [0.2, 0.25) is 5.91 Å². The fourth-order valence-electron chi connectivity index (χ4n) is 3.23. The Morgan fingerprint density at radius 3 is 2.82 bits per heavy atom. The van der Waals surface area contributed by atoms with Gasteiger partial charge in [0.05, 0.1) is 22.5 Å². The van der Waals surface area contributed by atoms with Crippen molar-refractivity contribution < 1.29 is 4.79 Å². The Balaban J connectivity index is 1.33. The summed E-state index contributed by atoms with van der Waals surface area (Å²) in [7, 11) is 0. The number of halogens is 1. The van der Waals surface area contributed by atoms with Gasteiger partial charge in [-0.1, -0.05) is 11.6 Å². The van der Waals surface area contributed by atoms with Gasteiger partial charge in [0.15, 0.2) is 0 Å². The molecule has 1 aliphatic heterocycles. The highest BCUT2D eigenvalue weighted by molar-refractivity contribution is 7.16. The van der Waals surface area contributed by atoms with E-state index in [9.17, 15) is 4.79 Å². The molecule has 0 atom stereocenters. The van der Waals surface area contributed by atoms with Crippen LogP contribution < -0.4 is 10.2 Å². The largest absolute Gasteiger partial charge is 0.353 e. The molecule has 3 aromatic rings. The molecule has 0 bridgehead atoms. The molecule has 1 saturated heterocycles. The van der Waals surface area contributed by atoms with Crippen molar-refractivity contribution >= 4 is 50.6 Å². The first-order valence-corrected chi connectivity index (χ1v) is 10.0. The molecular weight excluding hydrogens is 396 g/mol. The Morgan fingerprint density at radius 1 is 1.25 bits per heavy atom. The van der Waals surface area contributed by atoms with Gasteiger partial charge in [-0.05, 0) is 29.6 Å². The number of piperazine rings is 1. The summed E-state index contributed by atoms with van der Waals surface area (Å²) in [6.45, 7) is 3.47. The van der Waals surface area contributed by atoms with Crippen LogP contribution in [-0.2, 0) is 4.79 Å². The number of carbonyl (C=O) groups excluding carboxylic acids is 1. The minimum Gasteiger partial charge on any atom is -0.353 e. The van der Waals surface area contributed by atoms with E-state index < -0.39 is 0 Å². The smallest absolute Gasteiger partial charge is 0.238 e. The Hall–Kier alpha value is -2.73. The fourth-order valence-corrected chi connectivity index (χ4v) is 4.18. The van der Waals surface area contributed by atoms with Crippen molar-refractivity contribution in [1.29, 1.82) is 5.26 Å². The number of hydrogen-bond donors (Lipinski definition) is 1. The van der Waals surface area contributed by atoms with E-state index in [1.54, 1.807) is 35.9 Å². The number of hydrogen-bond acceptors (Lipinski definition) is 7. The zero-order valence-corrected chi connectivity index (χ0v) is 16.5. The average Bonchev–Trinajstić information content (AvgIpc) is 3.18. The van der Waals surface area contributed by atoms with Crippen LogP contribution in [0.3, 0.4) is 0 Å². The number of amides is 1. The maximum absolute atomic E-state index is 12.3. The van der Waals surface area contributed by atoms with E-state index in [4.69, 9.17) is 16.9 Å². The number of carbonyl (C=O) groups is 1. The van der Waals surface area contributed by atoms with Crippen molar-refractivity contribution in [2.45, 2.75) is 0 Å². The van der Waals surface area contributed by atoms with Crippen LogP contribution in [0.25, 0.3) is 10.2 Å². The maximum atomic E-state index is 12.3. The van der Waals surface area contributed by atoms with Crippen molar-refractivity contribution in [1.82, 2.24) is 14.9 Å². The molecule has 0 saturated carbocycles. The lowest BCUT2D eigenvalue weighted by Gasteiger charge is -2.35. The molecule has 4 rings (SSSR count). The Bertz CT molecular complexity index is 1050. The first kappa shape index (κ1) is 18.6. The topological polar surface area (TPSA) is 85.2 Å². The Morgan fingerprint density at radius 2 is 2.07 bits per heavy atom. The Kier molecular flexibility index (Phi) is 5.39. The molecule has 28 heavy (non-hydrogen) atoms. The van der Waals surface area contributed by atoms with Crippen LogP contribution in [0, 0.1) is 11.3 Å². The summed E-state index contributed by atoms with van der Waals surface area (Å²) in [6, 6.07) is 8.93. The minimum atomic E-state index is -0.100. The highest BCUT2D eigenvalue weighted by Crippen LogP contribution is 2.27. The summed E-state index contributed by atoms with van der Waals surface area (Å²) in [5.41, 5.74) is 0.980. The number of rotatable bonds is 4. The van der Waals surface area contributed by atoms with Crippen molar-refractivity contribution in [3.8, 4) is 6.07 Å². The third-order valence-electron chi connectivity index (χ3n) is 4.65. The van der Waals surface area contributed by atoms with Crippen LogP contribution in [-0.4, -0.2) is 53.5 Å². The van der Waals surface area contributed by atoms with Crippen LogP contribution in [0.15, 0.2) is 36.0 Å². The van der Waals surface area contributed by atoms with E-state index in [-0.39, 0.29) is 5.91 Å². The molecule has 7 nitrogen and oxygen atoms in total. The third-order valence-corrected chi connectivity index (χ3v) is 5.79. The predicted molar refractivity (Wildman–Crippen MR) is 111 cm³/mol. The van der Waals surface area contributed by atoms with E-state index in [2.05, 4.69) is 31.2 Å². The number of aromatic nitrogens is 2. The van der Waals surface area contributed by atoms with Gasteiger partial charge in [-0.25, -0.2) is 9.97 Å². The summed E-state index contributed by atoms with van der Waals surface area (Å²) < 4.78 is 0. The molecule has 1 aromatic carbocycles. The molecule has 0 spiro atoms. The summed E-state index contributed by atoms with van der Waals surface area (Å²) in [5.74, 6) is 0.860. The van der Waals surface area contributed by atoms with Crippen molar-refractivity contribution in [3.63, 3.8) is 0 Å². The fraction of sp³-hybridized carbons (Fsp3) is 0.263. The molecule has 1 aliphatic rings. The van der Waals surface area contributed by atoms with Gasteiger partial charge in [-0.15, -0.1) is 11.3 Å². The monoisotopic (exact) mass is 412 g/mol. The molecule has 1 N–H and O–H groups in total. The number of nitriles is 1. The van der Waals surface area contributed by atoms with Gasteiger partial charge in [-0.2, -0.15) is 5.26 Å². The van der Waals surface area contributed by atoms with Gasteiger partial charge >= 0.3 is 0 Å². The number of anilines is 2. The molecule has 3 heterocycles. The summed E-state index contributed by atoms with van der Waals surface area (Å²) in [5, 5.41) is 15.2. The average molecular weight is 413 g/mol. The predicted octanol–water partition coefficient (Wildman–Crippen LogP) is 2.98. The second kappa shape index (κ2) is 8.10. The summed E-state index contributed by atoms with van der Waals surface area (Å²) >= 11 is 7.62. The molecule has 1 amide bonds. The minimum absolute atomic E-state index is 0.100. The number of fused-ring (bicyclic) bond motifs is 1. The summed E-state index contributed by atoms with van der Waals surface area (Å²) in [4.78, 5) is 26.4. The molecule has 9 heteroatoms. The zero-order valence-electron chi connectivity index (χ0n) is 14.9. The molecule has 0 unspecified atom stereocenters. The second-order valence-corrected chi connectivity index (χ2v) is 7.76. The summed E-state index contributed by atoms with van der Waals surface area (Å²) in [6.07, 6.45) is 1.61. The van der Waals surface area contributed by atoms with Crippen LogP contribution in [0.4, 0.5) is 11.5 Å². The van der Waals surface area contributed by atoms with Crippen LogP contribution in [0.1, 0.15) is 5.56 Å². The SMILES string of the molecule is N#Cc1ccc(NC(=O)CN2CCN(c3ncnc4sccc34)CC2)cc1Cl. The second-order valence-electron chi connectivity index (χ2n) is 6.45. The lowest BCUT2D eigenvalue weighted by molar-refractivity contribution is -0.117. The maximum Gasteiger partial charge on any atom is 0.238 e. The Labute approximate surface area is 171 Å². The lowest BCUT2D eigenvalue weighted by Crippen LogP contribution is -2.49. The van der Waals surface area contributed by atoms with E-state index in [1.165, 1.54) is 0 Å². The van der Waals surface area contributed by atoms with Crippen LogP contribution in [0.5, 0.6) is 0 Å². The molecule has 0 radical (unpaired) electrons. The molecule has 142 valence electrons. The molecule has 0 aliphatic carbocycles. The third kappa shape index (κ3) is 3.92. The van der Waals surface area contributed by atoms with E-state index in [1.807, 2.05) is 11.4 Å². The van der Waals surface area contributed by atoms with E-state index >= 15 is 0 Å². The molecular formula is C19H17ClN6OS. The van der Waals surface area contributed by atoms with Gasteiger partial charge in [0, 0.05) is 31.9 Å². The van der Waals surface area contributed by atoms with Crippen molar-refractivity contribution in [2.24, 2.45) is 0 Å². The van der Waals surface area contributed by atoms with Gasteiger partial charge < -0.3 is 10.2 Å². The van der Waals surface area contributed by atoms with Gasteiger partial charge in [0.25, 0.3) is 0 Å². The first-order chi connectivity index (χ1) is 13.6. The van der Waals surface area contributed by atoms with Gasteiger partial charge in [0.1, 0.15) is 23.0 Å². The normalized spacial score (nSPS) is 14.8. The number of thiophene rings is 1. The number of nitrogens with one attached hydrogen (secondary N) is 1. The molecule has 1 fully saturated rings. The first-order valence-electron chi connectivity index (χ1n) is 8.79. The highest BCUT2D eigenvalue weighted by Gasteiger charge is 2.21. The van der Waals surface area contributed by atoms with E-state index in [0.717, 1.165) is 42.2 Å². The van der Waals surface area contributed by atoms with Crippen LogP contribution in [0.2, 0.25) is 5.02 Å². The van der Waals surface area contributed by atoms with E-state index in [0.29, 0.717) is 22.8 Å². The van der Waals surface area contributed by atoms with Crippen molar-refractivity contribution in [3.05, 3.63) is 46.6 Å². The highest BCUT2D eigenvalue weighted by atomic mass is 35.5. The number of nitrogens with zero attached hydrogens (tertiary/aromatic N) is 5.